The van der Waals surface area contributed by atoms with Crippen molar-refractivity contribution < 1.29 is 14.7 Å². The van der Waals surface area contributed by atoms with Gasteiger partial charge in [-0.15, -0.1) is 0 Å². The lowest BCUT2D eigenvalue weighted by Crippen LogP contribution is -2.30. The van der Waals surface area contributed by atoms with Gasteiger partial charge in [-0.3, -0.25) is 9.59 Å². The molecule has 1 aromatic rings. The highest BCUT2D eigenvalue weighted by Gasteiger charge is 2.38. The molecule has 17 heavy (non-hydrogen) atoms. The van der Waals surface area contributed by atoms with Crippen LogP contribution in [0, 0.1) is 5.92 Å². The lowest BCUT2D eigenvalue weighted by Gasteiger charge is -2.18. The van der Waals surface area contributed by atoms with Gasteiger partial charge in [0.1, 0.15) is 5.92 Å². The van der Waals surface area contributed by atoms with Gasteiger partial charge in [-0.25, -0.2) is 0 Å². The molecule has 1 unspecified atom stereocenters. The molecule has 6 heteroatoms. The summed E-state index contributed by atoms with van der Waals surface area (Å²) in [5.74, 6) is -2.41. The van der Waals surface area contributed by atoms with Gasteiger partial charge in [0, 0.05) is 16.0 Å². The minimum absolute atomic E-state index is 0.327. The molecule has 2 rings (SSSR count). The molecule has 1 heterocycles. The van der Waals surface area contributed by atoms with Crippen LogP contribution in [-0.4, -0.2) is 23.5 Å². The van der Waals surface area contributed by atoms with Crippen LogP contribution in [0.3, 0.4) is 0 Å². The predicted octanol–water partition coefficient (Wildman–Crippen LogP) is 2.54. The van der Waals surface area contributed by atoms with E-state index in [1.165, 1.54) is 4.90 Å². The minimum atomic E-state index is -1.07. The first-order valence-corrected chi connectivity index (χ1v) is 6.17. The molecule has 1 atom stereocenters. The quantitative estimate of drug-likeness (QED) is 0.853. The van der Waals surface area contributed by atoms with Crippen molar-refractivity contribution in [1.82, 2.24) is 0 Å². The number of carboxylic acid groups (broad SMARTS) is 1. The van der Waals surface area contributed by atoms with Gasteiger partial charge >= 0.3 is 5.97 Å². The van der Waals surface area contributed by atoms with Crippen molar-refractivity contribution in [3.8, 4) is 0 Å². The summed E-state index contributed by atoms with van der Waals surface area (Å²) >= 11 is 9.19. The Kier molecular flexibility index (Phi) is 3.40. The topological polar surface area (TPSA) is 57.6 Å². The third-order valence-corrected chi connectivity index (χ3v) is 3.61. The number of anilines is 1. The first-order chi connectivity index (χ1) is 8.00. The molecular formula is C11H9BrClNO3. The van der Waals surface area contributed by atoms with Gasteiger partial charge in [-0.2, -0.15) is 0 Å². The van der Waals surface area contributed by atoms with E-state index in [4.69, 9.17) is 16.7 Å². The second-order valence-electron chi connectivity index (χ2n) is 3.77. The van der Waals surface area contributed by atoms with Gasteiger partial charge in [0.2, 0.25) is 5.91 Å². The number of aliphatic carboxylic acids is 1. The first kappa shape index (κ1) is 12.4. The van der Waals surface area contributed by atoms with Crippen LogP contribution in [0.4, 0.5) is 5.69 Å². The van der Waals surface area contributed by atoms with Gasteiger partial charge in [-0.05, 0) is 40.5 Å². The fraction of sp³-hybridized carbons (Fsp3) is 0.273. The molecule has 90 valence electrons. The Labute approximate surface area is 111 Å². The highest BCUT2D eigenvalue weighted by atomic mass is 79.9. The molecular weight excluding hydrogens is 309 g/mol. The van der Waals surface area contributed by atoms with E-state index in [0.717, 1.165) is 4.47 Å². The van der Waals surface area contributed by atoms with Crippen molar-refractivity contribution >= 4 is 45.1 Å². The fourth-order valence-corrected chi connectivity index (χ4v) is 2.47. The van der Waals surface area contributed by atoms with Crippen LogP contribution >= 0.6 is 27.5 Å². The third kappa shape index (κ3) is 2.30. The normalized spacial score (nSPS) is 19.8. The minimum Gasteiger partial charge on any atom is -0.481 e. The zero-order valence-corrected chi connectivity index (χ0v) is 11.0. The highest BCUT2D eigenvalue weighted by molar-refractivity contribution is 9.10. The number of rotatable bonds is 2. The van der Waals surface area contributed by atoms with Gasteiger partial charge < -0.3 is 10.0 Å². The molecule has 1 fully saturated rings. The number of carbonyl (C=O) groups excluding carboxylic acids is 1. The maximum absolute atomic E-state index is 11.9. The van der Waals surface area contributed by atoms with Gasteiger partial charge in [-0.1, -0.05) is 11.6 Å². The van der Waals surface area contributed by atoms with Crippen LogP contribution in [0.15, 0.2) is 22.7 Å². The van der Waals surface area contributed by atoms with Crippen LogP contribution in [0.1, 0.15) is 6.42 Å². The maximum atomic E-state index is 11.9. The van der Waals surface area contributed by atoms with E-state index in [1.54, 1.807) is 18.2 Å². The van der Waals surface area contributed by atoms with Gasteiger partial charge in [0.05, 0.1) is 5.69 Å². The summed E-state index contributed by atoms with van der Waals surface area (Å²) in [5.41, 5.74) is 0.617. The second kappa shape index (κ2) is 4.66. The van der Waals surface area contributed by atoms with E-state index in [2.05, 4.69) is 15.9 Å². The van der Waals surface area contributed by atoms with E-state index >= 15 is 0 Å². The summed E-state index contributed by atoms with van der Waals surface area (Å²) in [6, 6.07) is 5.08. The molecule has 4 nitrogen and oxygen atoms in total. The second-order valence-corrected chi connectivity index (χ2v) is 5.06. The van der Waals surface area contributed by atoms with E-state index in [1.807, 2.05) is 0 Å². The maximum Gasteiger partial charge on any atom is 0.316 e. The summed E-state index contributed by atoms with van der Waals surface area (Å²) in [7, 11) is 0. The van der Waals surface area contributed by atoms with Crippen LogP contribution in [0.2, 0.25) is 5.02 Å². The molecule has 1 aromatic carbocycles. The number of nitrogens with zero attached hydrogens (tertiary/aromatic N) is 1. The largest absolute Gasteiger partial charge is 0.481 e. The number of carboxylic acids is 1. The smallest absolute Gasteiger partial charge is 0.316 e. The number of carbonyl (C=O) groups is 2. The molecule has 0 aromatic heterocycles. The third-order valence-electron chi connectivity index (χ3n) is 2.70. The van der Waals surface area contributed by atoms with Crippen molar-refractivity contribution in [2.75, 3.05) is 11.4 Å². The van der Waals surface area contributed by atoms with Crippen LogP contribution < -0.4 is 4.90 Å². The monoisotopic (exact) mass is 317 g/mol. The standard InChI is InChI=1S/C11H9BrClNO3/c12-8-2-1-6(13)5-9(8)14-4-3-7(10(14)15)11(16)17/h1-2,5,7H,3-4H2,(H,16,17). The molecule has 0 aliphatic carbocycles. The van der Waals surface area contributed by atoms with E-state index < -0.39 is 11.9 Å². The van der Waals surface area contributed by atoms with Crippen LogP contribution in [0.25, 0.3) is 0 Å². The summed E-state index contributed by atoms with van der Waals surface area (Å²) in [6.45, 7) is 0.398. The number of amides is 1. The Morgan fingerprint density at radius 3 is 2.82 bits per heavy atom. The van der Waals surface area contributed by atoms with Crippen molar-refractivity contribution in [3.63, 3.8) is 0 Å². The summed E-state index contributed by atoms with van der Waals surface area (Å²) in [6.07, 6.45) is 0.327. The Bertz CT molecular complexity index is 492. The van der Waals surface area contributed by atoms with Crippen molar-refractivity contribution in [1.29, 1.82) is 0 Å². The lowest BCUT2D eigenvalue weighted by atomic mass is 10.1. The highest BCUT2D eigenvalue weighted by Crippen LogP contribution is 2.33. The molecule has 0 spiro atoms. The Balaban J connectivity index is 2.33. The number of halogens is 2. The van der Waals surface area contributed by atoms with E-state index in [-0.39, 0.29) is 5.91 Å². The van der Waals surface area contributed by atoms with Gasteiger partial charge in [0.15, 0.2) is 0 Å². The van der Waals surface area contributed by atoms with Gasteiger partial charge in [0.25, 0.3) is 0 Å². The SMILES string of the molecule is O=C(O)C1CCN(c2cc(Cl)ccc2Br)C1=O. The van der Waals surface area contributed by atoms with Crippen molar-refractivity contribution in [2.24, 2.45) is 5.92 Å². The average molecular weight is 319 g/mol. The fourth-order valence-electron chi connectivity index (χ4n) is 1.84. The molecule has 0 saturated carbocycles. The average Bonchev–Trinajstić information content (AvgIpc) is 2.64. The summed E-state index contributed by atoms with van der Waals surface area (Å²) < 4.78 is 0.723. The van der Waals surface area contributed by atoms with E-state index in [9.17, 15) is 9.59 Å². The first-order valence-electron chi connectivity index (χ1n) is 5.00. The Morgan fingerprint density at radius 2 is 2.24 bits per heavy atom. The molecule has 1 saturated heterocycles. The zero-order chi connectivity index (χ0) is 12.6. The lowest BCUT2D eigenvalue weighted by molar-refractivity contribution is -0.144. The molecule has 1 amide bonds. The van der Waals surface area contributed by atoms with Crippen molar-refractivity contribution in [2.45, 2.75) is 6.42 Å². The van der Waals surface area contributed by atoms with Crippen LogP contribution in [-0.2, 0) is 9.59 Å². The molecule has 1 aliphatic rings. The zero-order valence-electron chi connectivity index (χ0n) is 8.69. The molecule has 1 N–H and O–H groups in total. The number of hydrogen-bond donors (Lipinski definition) is 1. The molecule has 1 aliphatic heterocycles. The Hall–Kier alpha value is -1.07. The summed E-state index contributed by atoms with van der Waals surface area (Å²) in [4.78, 5) is 24.2. The predicted molar refractivity (Wildman–Crippen MR) is 67.2 cm³/mol. The van der Waals surface area contributed by atoms with E-state index in [0.29, 0.717) is 23.7 Å². The van der Waals surface area contributed by atoms with Crippen molar-refractivity contribution in [3.05, 3.63) is 27.7 Å². The number of hydrogen-bond acceptors (Lipinski definition) is 2. The number of benzene rings is 1. The molecule has 0 bridgehead atoms. The Morgan fingerprint density at radius 1 is 1.53 bits per heavy atom. The van der Waals surface area contributed by atoms with Crippen LogP contribution in [0.5, 0.6) is 0 Å². The summed E-state index contributed by atoms with van der Waals surface area (Å²) in [5, 5.41) is 9.40. The molecule has 0 radical (unpaired) electrons.